The van der Waals surface area contributed by atoms with Crippen molar-refractivity contribution < 1.29 is 30.6 Å². The first-order valence-corrected chi connectivity index (χ1v) is 14.4. The van der Waals surface area contributed by atoms with E-state index in [4.69, 9.17) is 0 Å². The Morgan fingerprint density at radius 3 is 0.615 bits per heavy atom. The summed E-state index contributed by atoms with van der Waals surface area (Å²) in [6, 6.07) is -0.707. The summed E-state index contributed by atoms with van der Waals surface area (Å²) in [6.07, 6.45) is 0. The van der Waals surface area contributed by atoms with Crippen LogP contribution < -0.4 is 0 Å². The molecule has 0 aromatic carbocycles. The molecule has 1 heterocycles. The molecular weight excluding hydrogens is 504 g/mol. The highest BCUT2D eigenvalue weighted by atomic mass is 16.3. The number of hydrogen-bond donors (Lipinski definition) is 6. The van der Waals surface area contributed by atoms with E-state index in [1.165, 1.54) is 0 Å². The average Bonchev–Trinajstić information content (AvgIpc) is 2.84. The molecule has 39 heavy (non-hydrogen) atoms. The molecule has 234 valence electrons. The molecular formula is C27H60N6O6. The largest absolute Gasteiger partial charge is 0.381 e. The summed E-state index contributed by atoms with van der Waals surface area (Å²) in [5, 5.41) is 65.2. The molecule has 0 aromatic rings. The highest BCUT2D eigenvalue weighted by Gasteiger charge is 2.75. The lowest BCUT2D eigenvalue weighted by atomic mass is 9.79. The number of rotatable bonds is 15. The molecule has 0 aromatic heterocycles. The van der Waals surface area contributed by atoms with Crippen molar-refractivity contribution >= 4 is 0 Å². The van der Waals surface area contributed by atoms with E-state index in [-0.39, 0.29) is 35.9 Å². The molecule has 12 heteroatoms. The third-order valence-electron chi connectivity index (χ3n) is 8.42. The molecule has 1 aliphatic rings. The van der Waals surface area contributed by atoms with Gasteiger partial charge in [0.2, 0.25) is 0 Å². The molecule has 0 aliphatic carbocycles. The molecule has 0 atom stereocenters. The van der Waals surface area contributed by atoms with Gasteiger partial charge in [-0.15, -0.1) is 0 Å². The molecule has 0 radical (unpaired) electrons. The van der Waals surface area contributed by atoms with Crippen molar-refractivity contribution in [1.82, 2.24) is 29.4 Å². The van der Waals surface area contributed by atoms with E-state index in [2.05, 4.69) is 14.7 Å². The van der Waals surface area contributed by atoms with Crippen LogP contribution in [-0.4, -0.2) is 136 Å². The first-order valence-electron chi connectivity index (χ1n) is 14.4. The van der Waals surface area contributed by atoms with Crippen LogP contribution in [0.4, 0.5) is 0 Å². The highest BCUT2D eigenvalue weighted by Crippen LogP contribution is 2.58. The Kier molecular flexibility index (Phi) is 13.2. The van der Waals surface area contributed by atoms with E-state index >= 15 is 0 Å². The van der Waals surface area contributed by atoms with E-state index in [0.29, 0.717) is 0 Å². The fourth-order valence-corrected chi connectivity index (χ4v) is 7.79. The number of aliphatic hydroxyl groups excluding tert-OH is 6. The van der Waals surface area contributed by atoms with E-state index in [1.54, 1.807) is 14.7 Å². The van der Waals surface area contributed by atoms with Crippen LogP contribution in [0, 0.1) is 17.8 Å². The molecule has 0 bridgehead atoms. The standard InChI is InChI=1S/C27H60N6O6/c1-19(2)25(28(13-34)14-35)31(22(7)8)26(20(3)4,29(15-36)16-37)33(24(11)12)27(21(5)6,30(17-38)18-39)32(25)23(9)10/h19-24,34-39H,13-18H2,1-12H3. The maximum Gasteiger partial charge on any atom is 0.142 e. The zero-order chi connectivity index (χ0) is 30.7. The van der Waals surface area contributed by atoms with Gasteiger partial charge in [-0.2, -0.15) is 0 Å². The second-order valence-corrected chi connectivity index (χ2v) is 12.4. The van der Waals surface area contributed by atoms with Crippen LogP contribution in [0.15, 0.2) is 0 Å². The Bertz CT molecular complexity index is 618. The Hall–Kier alpha value is -0.480. The summed E-state index contributed by atoms with van der Waals surface area (Å²) < 4.78 is 0. The van der Waals surface area contributed by atoms with Crippen molar-refractivity contribution in [3.05, 3.63) is 0 Å². The SMILES string of the molecule is CC(C)N1C(C(C)C)(N(CO)CO)N(C(C)C)C(C(C)C)(N(CO)CO)N(C(C)C)C1(C(C)C)N(CO)CO. The predicted octanol–water partition coefficient (Wildman–Crippen LogP) is 0.665. The molecule has 0 amide bonds. The lowest BCUT2D eigenvalue weighted by Gasteiger charge is -2.81. The van der Waals surface area contributed by atoms with E-state index in [9.17, 15) is 30.6 Å². The van der Waals surface area contributed by atoms with Crippen molar-refractivity contribution in [3.8, 4) is 0 Å². The van der Waals surface area contributed by atoms with Crippen LogP contribution in [0.2, 0.25) is 0 Å². The molecule has 1 aliphatic heterocycles. The average molecular weight is 565 g/mol. The molecule has 0 spiro atoms. The third kappa shape index (κ3) is 5.19. The normalized spacial score (nSPS) is 28.4. The highest BCUT2D eigenvalue weighted by molar-refractivity contribution is 5.16. The van der Waals surface area contributed by atoms with Gasteiger partial charge in [0, 0.05) is 18.1 Å². The van der Waals surface area contributed by atoms with E-state index < -0.39 is 57.7 Å². The van der Waals surface area contributed by atoms with Crippen LogP contribution in [-0.2, 0) is 0 Å². The van der Waals surface area contributed by atoms with Crippen molar-refractivity contribution in [2.45, 2.75) is 119 Å². The lowest BCUT2D eigenvalue weighted by molar-refractivity contribution is -0.470. The van der Waals surface area contributed by atoms with E-state index in [0.717, 1.165) is 0 Å². The zero-order valence-corrected chi connectivity index (χ0v) is 26.6. The summed E-state index contributed by atoms with van der Waals surface area (Å²) in [5.74, 6) is -4.54. The molecule has 0 unspecified atom stereocenters. The summed E-state index contributed by atoms with van der Waals surface area (Å²) in [5.41, 5.74) is 0. The third-order valence-corrected chi connectivity index (χ3v) is 8.42. The van der Waals surface area contributed by atoms with Gasteiger partial charge in [0.15, 0.2) is 0 Å². The predicted molar refractivity (Wildman–Crippen MR) is 152 cm³/mol. The van der Waals surface area contributed by atoms with Gasteiger partial charge in [0.05, 0.1) is 0 Å². The van der Waals surface area contributed by atoms with Crippen LogP contribution in [0.3, 0.4) is 0 Å². The van der Waals surface area contributed by atoms with Crippen LogP contribution >= 0.6 is 0 Å². The van der Waals surface area contributed by atoms with Gasteiger partial charge < -0.3 is 30.6 Å². The number of aliphatic hydroxyl groups is 6. The van der Waals surface area contributed by atoms with Crippen LogP contribution in [0.1, 0.15) is 83.1 Å². The Labute approximate surface area is 237 Å². The maximum atomic E-state index is 10.9. The summed E-state index contributed by atoms with van der Waals surface area (Å²) in [6.45, 7) is 21.4. The minimum Gasteiger partial charge on any atom is -0.381 e. The topological polar surface area (TPSA) is 141 Å². The fourth-order valence-electron chi connectivity index (χ4n) is 7.79. The molecule has 1 rings (SSSR count). The van der Waals surface area contributed by atoms with Crippen molar-refractivity contribution in [2.24, 2.45) is 17.8 Å². The second-order valence-electron chi connectivity index (χ2n) is 12.4. The summed E-state index contributed by atoms with van der Waals surface area (Å²) in [7, 11) is 0. The van der Waals surface area contributed by atoms with E-state index in [1.807, 2.05) is 83.1 Å². The van der Waals surface area contributed by atoms with Gasteiger partial charge in [0.1, 0.15) is 57.7 Å². The number of nitrogens with zero attached hydrogens (tertiary/aromatic N) is 6. The van der Waals surface area contributed by atoms with Crippen LogP contribution in [0.5, 0.6) is 0 Å². The minimum absolute atomic E-state index is 0.236. The molecule has 1 saturated heterocycles. The first-order chi connectivity index (χ1) is 18.1. The van der Waals surface area contributed by atoms with Crippen molar-refractivity contribution in [2.75, 3.05) is 40.4 Å². The van der Waals surface area contributed by atoms with Gasteiger partial charge in [0.25, 0.3) is 0 Å². The second kappa shape index (κ2) is 14.1. The Morgan fingerprint density at radius 1 is 0.385 bits per heavy atom. The van der Waals surface area contributed by atoms with Gasteiger partial charge in [-0.1, -0.05) is 41.5 Å². The summed E-state index contributed by atoms with van der Waals surface area (Å²) in [4.78, 5) is 11.4. The molecule has 1 fully saturated rings. The van der Waals surface area contributed by atoms with Crippen LogP contribution in [0.25, 0.3) is 0 Å². The van der Waals surface area contributed by atoms with Gasteiger partial charge in [-0.05, 0) is 59.3 Å². The Balaban J connectivity index is 4.91. The fraction of sp³-hybridized carbons (Fsp3) is 1.00. The quantitative estimate of drug-likeness (QED) is 0.156. The van der Waals surface area contributed by atoms with Gasteiger partial charge >= 0.3 is 0 Å². The Morgan fingerprint density at radius 2 is 0.538 bits per heavy atom. The van der Waals surface area contributed by atoms with Gasteiger partial charge in [-0.25, -0.2) is 29.4 Å². The van der Waals surface area contributed by atoms with Crippen molar-refractivity contribution in [1.29, 1.82) is 0 Å². The zero-order valence-electron chi connectivity index (χ0n) is 26.6. The smallest absolute Gasteiger partial charge is 0.142 e. The number of hydrogen-bond acceptors (Lipinski definition) is 12. The monoisotopic (exact) mass is 564 g/mol. The molecule has 12 nitrogen and oxygen atoms in total. The molecule has 0 saturated carbocycles. The van der Waals surface area contributed by atoms with Crippen molar-refractivity contribution in [3.63, 3.8) is 0 Å². The first kappa shape index (κ1) is 36.5. The lowest BCUT2D eigenvalue weighted by Crippen LogP contribution is -2.99. The molecule has 6 N–H and O–H groups in total. The maximum absolute atomic E-state index is 10.9. The summed E-state index contributed by atoms with van der Waals surface area (Å²) >= 11 is 0. The minimum atomic E-state index is -1.24. The van der Waals surface area contributed by atoms with Gasteiger partial charge in [-0.3, -0.25) is 0 Å².